The SMILES string of the molecule is CC(N)CCCC(=O)N1CC(CC(=O)O)c2ccccc21. The number of carbonyl (C=O) groups excluding carboxylic acids is 1. The molecule has 0 saturated heterocycles. The first-order chi connectivity index (χ1) is 9.99. The topological polar surface area (TPSA) is 83.6 Å². The van der Waals surface area contributed by atoms with Crippen molar-refractivity contribution in [2.24, 2.45) is 5.73 Å². The summed E-state index contributed by atoms with van der Waals surface area (Å²) in [6, 6.07) is 7.67. The van der Waals surface area contributed by atoms with E-state index in [-0.39, 0.29) is 24.3 Å². The van der Waals surface area contributed by atoms with Gasteiger partial charge in [-0.2, -0.15) is 0 Å². The van der Waals surface area contributed by atoms with E-state index in [1.807, 2.05) is 31.2 Å². The summed E-state index contributed by atoms with van der Waals surface area (Å²) in [6.45, 7) is 2.39. The largest absolute Gasteiger partial charge is 0.481 e. The zero-order valence-corrected chi connectivity index (χ0v) is 12.3. The van der Waals surface area contributed by atoms with Crippen LogP contribution in [0.15, 0.2) is 24.3 Å². The van der Waals surface area contributed by atoms with Gasteiger partial charge in [0.25, 0.3) is 0 Å². The summed E-state index contributed by atoms with van der Waals surface area (Å²) < 4.78 is 0. The first kappa shape index (κ1) is 15.5. The third-order valence-corrected chi connectivity index (χ3v) is 3.84. The standard InChI is InChI=1S/C16H22N2O3/c1-11(17)5-4-8-15(19)18-10-12(9-16(20)21)13-6-2-3-7-14(13)18/h2-3,6-7,11-12H,4-5,8-10,17H2,1H3,(H,20,21). The number of hydrogen-bond donors (Lipinski definition) is 2. The van der Waals surface area contributed by atoms with E-state index in [0.29, 0.717) is 13.0 Å². The number of hydrogen-bond acceptors (Lipinski definition) is 3. The molecule has 0 aromatic heterocycles. The van der Waals surface area contributed by atoms with Crippen LogP contribution in [0.4, 0.5) is 5.69 Å². The summed E-state index contributed by atoms with van der Waals surface area (Å²) in [6.07, 6.45) is 2.09. The van der Waals surface area contributed by atoms with Crippen LogP contribution in [0, 0.1) is 0 Å². The Bertz CT molecular complexity index is 528. The fourth-order valence-corrected chi connectivity index (χ4v) is 2.83. The summed E-state index contributed by atoms with van der Waals surface area (Å²) in [4.78, 5) is 25.1. The minimum atomic E-state index is -0.832. The van der Waals surface area contributed by atoms with Gasteiger partial charge >= 0.3 is 5.97 Å². The number of rotatable bonds is 6. The van der Waals surface area contributed by atoms with Gasteiger partial charge in [0.15, 0.2) is 0 Å². The molecule has 5 nitrogen and oxygen atoms in total. The van der Waals surface area contributed by atoms with Crippen molar-refractivity contribution in [3.05, 3.63) is 29.8 Å². The van der Waals surface area contributed by atoms with E-state index in [2.05, 4.69) is 0 Å². The number of fused-ring (bicyclic) bond motifs is 1. The molecule has 2 unspecified atom stereocenters. The highest BCUT2D eigenvalue weighted by atomic mass is 16.4. The van der Waals surface area contributed by atoms with Crippen molar-refractivity contribution < 1.29 is 14.7 Å². The maximum absolute atomic E-state index is 12.4. The summed E-state index contributed by atoms with van der Waals surface area (Å²) in [5.41, 5.74) is 7.51. The Morgan fingerprint density at radius 2 is 2.14 bits per heavy atom. The van der Waals surface area contributed by atoms with Crippen molar-refractivity contribution in [2.75, 3.05) is 11.4 Å². The van der Waals surface area contributed by atoms with Crippen molar-refractivity contribution in [3.8, 4) is 0 Å². The van der Waals surface area contributed by atoms with E-state index in [0.717, 1.165) is 24.1 Å². The molecule has 21 heavy (non-hydrogen) atoms. The molecule has 0 saturated carbocycles. The van der Waals surface area contributed by atoms with Gasteiger partial charge in [-0.15, -0.1) is 0 Å². The Balaban J connectivity index is 2.07. The molecule has 3 N–H and O–H groups in total. The number of amides is 1. The molecule has 2 atom stereocenters. The van der Waals surface area contributed by atoms with Crippen LogP contribution in [0.5, 0.6) is 0 Å². The highest BCUT2D eigenvalue weighted by molar-refractivity contribution is 5.96. The zero-order chi connectivity index (χ0) is 15.4. The number of anilines is 1. The van der Waals surface area contributed by atoms with Gasteiger partial charge in [-0.05, 0) is 31.4 Å². The predicted molar refractivity (Wildman–Crippen MR) is 81.3 cm³/mol. The fraction of sp³-hybridized carbons (Fsp3) is 0.500. The smallest absolute Gasteiger partial charge is 0.304 e. The Morgan fingerprint density at radius 1 is 1.43 bits per heavy atom. The number of nitrogens with two attached hydrogens (primary N) is 1. The van der Waals surface area contributed by atoms with E-state index in [4.69, 9.17) is 10.8 Å². The number of aliphatic carboxylic acids is 1. The van der Waals surface area contributed by atoms with E-state index >= 15 is 0 Å². The van der Waals surface area contributed by atoms with Gasteiger partial charge in [-0.3, -0.25) is 9.59 Å². The van der Waals surface area contributed by atoms with Crippen molar-refractivity contribution >= 4 is 17.6 Å². The van der Waals surface area contributed by atoms with Crippen molar-refractivity contribution in [2.45, 2.75) is 44.6 Å². The molecular formula is C16H22N2O3. The Hall–Kier alpha value is -1.88. The van der Waals surface area contributed by atoms with E-state index < -0.39 is 5.97 Å². The Kier molecular flexibility index (Phi) is 4.96. The molecule has 1 heterocycles. The summed E-state index contributed by atoms with van der Waals surface area (Å²) in [5, 5.41) is 9.01. The molecule has 0 fully saturated rings. The van der Waals surface area contributed by atoms with Crippen LogP contribution in [-0.4, -0.2) is 29.6 Å². The molecule has 1 aromatic carbocycles. The number of nitrogens with zero attached hydrogens (tertiary/aromatic N) is 1. The van der Waals surface area contributed by atoms with Crippen LogP contribution in [0.2, 0.25) is 0 Å². The molecule has 0 spiro atoms. The molecule has 2 rings (SSSR count). The first-order valence-corrected chi connectivity index (χ1v) is 7.35. The fourth-order valence-electron chi connectivity index (χ4n) is 2.83. The first-order valence-electron chi connectivity index (χ1n) is 7.35. The molecule has 0 bridgehead atoms. The maximum Gasteiger partial charge on any atom is 0.304 e. The van der Waals surface area contributed by atoms with E-state index in [9.17, 15) is 9.59 Å². The third kappa shape index (κ3) is 3.82. The minimum Gasteiger partial charge on any atom is -0.481 e. The number of benzene rings is 1. The summed E-state index contributed by atoms with van der Waals surface area (Å²) >= 11 is 0. The lowest BCUT2D eigenvalue weighted by Crippen LogP contribution is -2.30. The highest BCUT2D eigenvalue weighted by Gasteiger charge is 2.32. The lowest BCUT2D eigenvalue weighted by molar-refractivity contribution is -0.137. The second-order valence-electron chi connectivity index (χ2n) is 5.73. The van der Waals surface area contributed by atoms with Gasteiger partial charge in [0.2, 0.25) is 5.91 Å². The van der Waals surface area contributed by atoms with Crippen LogP contribution in [0.1, 0.15) is 44.1 Å². The molecular weight excluding hydrogens is 268 g/mol. The number of carbonyl (C=O) groups is 2. The maximum atomic E-state index is 12.4. The van der Waals surface area contributed by atoms with Gasteiger partial charge in [-0.1, -0.05) is 18.2 Å². The van der Waals surface area contributed by atoms with Crippen molar-refractivity contribution in [1.29, 1.82) is 0 Å². The molecule has 1 aromatic rings. The lowest BCUT2D eigenvalue weighted by atomic mass is 9.98. The van der Waals surface area contributed by atoms with E-state index in [1.54, 1.807) is 4.90 Å². The minimum absolute atomic E-state index is 0.0518. The summed E-state index contributed by atoms with van der Waals surface area (Å²) in [5.74, 6) is -0.895. The van der Waals surface area contributed by atoms with Gasteiger partial charge in [0.1, 0.15) is 0 Å². The summed E-state index contributed by atoms with van der Waals surface area (Å²) in [7, 11) is 0. The highest BCUT2D eigenvalue weighted by Crippen LogP contribution is 2.38. The van der Waals surface area contributed by atoms with E-state index in [1.165, 1.54) is 0 Å². The van der Waals surface area contributed by atoms with Gasteiger partial charge in [-0.25, -0.2) is 0 Å². The number of carboxylic acid groups (broad SMARTS) is 1. The Labute approximate surface area is 124 Å². The van der Waals surface area contributed by atoms with Crippen LogP contribution >= 0.6 is 0 Å². The normalized spacial score (nSPS) is 18.4. The quantitative estimate of drug-likeness (QED) is 0.840. The molecule has 1 amide bonds. The third-order valence-electron chi connectivity index (χ3n) is 3.84. The molecule has 114 valence electrons. The lowest BCUT2D eigenvalue weighted by Gasteiger charge is -2.18. The van der Waals surface area contributed by atoms with Crippen molar-refractivity contribution in [3.63, 3.8) is 0 Å². The van der Waals surface area contributed by atoms with Gasteiger partial charge in [0, 0.05) is 30.6 Å². The molecule has 1 aliphatic rings. The average Bonchev–Trinajstić information content (AvgIpc) is 2.77. The molecule has 0 aliphatic carbocycles. The van der Waals surface area contributed by atoms with Crippen LogP contribution in [0.3, 0.4) is 0 Å². The second-order valence-corrected chi connectivity index (χ2v) is 5.73. The monoisotopic (exact) mass is 290 g/mol. The zero-order valence-electron chi connectivity index (χ0n) is 12.3. The number of carboxylic acids is 1. The molecule has 0 radical (unpaired) electrons. The van der Waals surface area contributed by atoms with Crippen LogP contribution < -0.4 is 10.6 Å². The predicted octanol–water partition coefficient (Wildman–Crippen LogP) is 2.11. The average molecular weight is 290 g/mol. The van der Waals surface area contributed by atoms with Gasteiger partial charge < -0.3 is 15.7 Å². The number of para-hydroxylation sites is 1. The van der Waals surface area contributed by atoms with Crippen LogP contribution in [-0.2, 0) is 9.59 Å². The van der Waals surface area contributed by atoms with Gasteiger partial charge in [0.05, 0.1) is 6.42 Å². The Morgan fingerprint density at radius 3 is 2.81 bits per heavy atom. The van der Waals surface area contributed by atoms with Crippen molar-refractivity contribution in [1.82, 2.24) is 0 Å². The van der Waals surface area contributed by atoms with Crippen LogP contribution in [0.25, 0.3) is 0 Å². The second kappa shape index (κ2) is 6.72. The molecule has 5 heteroatoms. The molecule has 1 aliphatic heterocycles.